The minimum Gasteiger partial charge on any atom is -0.496 e. The molecule has 0 radical (unpaired) electrons. The Morgan fingerprint density at radius 3 is 2.65 bits per heavy atom. The van der Waals surface area contributed by atoms with E-state index in [9.17, 15) is 13.5 Å². The second kappa shape index (κ2) is 5.35. The van der Waals surface area contributed by atoms with Gasteiger partial charge in [-0.15, -0.1) is 0 Å². The molecule has 6 nitrogen and oxygen atoms in total. The highest BCUT2D eigenvalue weighted by Crippen LogP contribution is 2.25. The van der Waals surface area contributed by atoms with Crippen LogP contribution in [0.15, 0.2) is 18.2 Å². The van der Waals surface area contributed by atoms with E-state index in [4.69, 9.17) is 15.0 Å². The number of hydrogen-bond donors (Lipinski definition) is 3. The average molecular weight is 261 g/mol. The first-order valence-corrected chi connectivity index (χ1v) is 6.49. The van der Waals surface area contributed by atoms with Crippen molar-refractivity contribution in [2.75, 3.05) is 18.6 Å². The maximum Gasteiger partial charge on any atom is 0.267 e. The van der Waals surface area contributed by atoms with Gasteiger partial charge in [0.25, 0.3) is 10.1 Å². The van der Waals surface area contributed by atoms with Crippen molar-refractivity contribution in [2.24, 2.45) is 0 Å². The Balaban J connectivity index is 2.88. The third kappa shape index (κ3) is 4.22. The first kappa shape index (κ1) is 13.8. The van der Waals surface area contributed by atoms with Crippen LogP contribution in [0, 0.1) is 0 Å². The molecule has 0 aliphatic carbocycles. The van der Waals surface area contributed by atoms with Crippen LogP contribution in [-0.2, 0) is 16.5 Å². The summed E-state index contributed by atoms with van der Waals surface area (Å²) in [5, 5.41) is 9.53. The van der Waals surface area contributed by atoms with Crippen LogP contribution < -0.4 is 10.5 Å². The SMILES string of the molecule is COc1cccc(N)c1CC(O)CS(=O)(=O)O. The van der Waals surface area contributed by atoms with E-state index < -0.39 is 22.0 Å². The van der Waals surface area contributed by atoms with Crippen molar-refractivity contribution in [1.82, 2.24) is 0 Å². The van der Waals surface area contributed by atoms with Gasteiger partial charge in [-0.25, -0.2) is 0 Å². The van der Waals surface area contributed by atoms with Crippen molar-refractivity contribution in [2.45, 2.75) is 12.5 Å². The Kier molecular flexibility index (Phi) is 4.33. The van der Waals surface area contributed by atoms with Crippen molar-refractivity contribution >= 4 is 15.8 Å². The predicted molar refractivity (Wildman–Crippen MR) is 63.5 cm³/mol. The number of anilines is 1. The summed E-state index contributed by atoms with van der Waals surface area (Å²) in [5.74, 6) is -0.260. The first-order valence-electron chi connectivity index (χ1n) is 4.88. The van der Waals surface area contributed by atoms with Crippen LogP contribution in [0.25, 0.3) is 0 Å². The molecule has 96 valence electrons. The van der Waals surface area contributed by atoms with Crippen LogP contribution >= 0.6 is 0 Å². The summed E-state index contributed by atoms with van der Waals surface area (Å²) in [5.41, 5.74) is 6.63. The molecule has 1 unspecified atom stereocenters. The van der Waals surface area contributed by atoms with E-state index in [1.54, 1.807) is 18.2 Å². The number of aliphatic hydroxyl groups is 1. The first-order chi connectivity index (χ1) is 7.83. The number of hydrogen-bond acceptors (Lipinski definition) is 5. The standard InChI is InChI=1S/C10H15NO5S/c1-16-10-4-2-3-9(11)8(10)5-7(12)6-17(13,14)15/h2-4,7,12H,5-6,11H2,1H3,(H,13,14,15). The van der Waals surface area contributed by atoms with Crippen molar-refractivity contribution < 1.29 is 22.8 Å². The van der Waals surface area contributed by atoms with E-state index in [2.05, 4.69) is 0 Å². The maximum absolute atomic E-state index is 10.6. The van der Waals surface area contributed by atoms with Gasteiger partial charge >= 0.3 is 0 Å². The van der Waals surface area contributed by atoms with Gasteiger partial charge in [0.15, 0.2) is 0 Å². The van der Waals surface area contributed by atoms with Crippen LogP contribution in [0.3, 0.4) is 0 Å². The zero-order chi connectivity index (χ0) is 13.1. The molecule has 0 fully saturated rings. The molecule has 4 N–H and O–H groups in total. The summed E-state index contributed by atoms with van der Waals surface area (Å²) in [4.78, 5) is 0. The molecule has 7 heteroatoms. The molecule has 0 aliphatic heterocycles. The Bertz CT molecular complexity index is 485. The maximum atomic E-state index is 10.6. The van der Waals surface area contributed by atoms with E-state index in [-0.39, 0.29) is 6.42 Å². The lowest BCUT2D eigenvalue weighted by atomic mass is 10.1. The van der Waals surface area contributed by atoms with Crippen LogP contribution in [0.2, 0.25) is 0 Å². The summed E-state index contributed by atoms with van der Waals surface area (Å²) in [6.07, 6.45) is -1.24. The Hall–Kier alpha value is -1.31. The molecule has 17 heavy (non-hydrogen) atoms. The quantitative estimate of drug-likeness (QED) is 0.511. The lowest BCUT2D eigenvalue weighted by Crippen LogP contribution is -2.23. The summed E-state index contributed by atoms with van der Waals surface area (Å²) >= 11 is 0. The highest BCUT2D eigenvalue weighted by atomic mass is 32.2. The lowest BCUT2D eigenvalue weighted by molar-refractivity contribution is 0.194. The Labute approximate surface area is 99.8 Å². The second-order valence-corrected chi connectivity index (χ2v) is 5.13. The van der Waals surface area contributed by atoms with Gasteiger partial charge in [-0.05, 0) is 12.1 Å². The molecule has 0 saturated carbocycles. The summed E-state index contributed by atoms with van der Waals surface area (Å²) in [7, 11) is -2.76. The number of nitrogen functional groups attached to an aromatic ring is 1. The van der Waals surface area contributed by atoms with E-state index in [0.717, 1.165) is 0 Å². The molecule has 0 spiro atoms. The monoisotopic (exact) mass is 261 g/mol. The number of methoxy groups -OCH3 is 1. The van der Waals surface area contributed by atoms with Gasteiger partial charge in [-0.2, -0.15) is 8.42 Å². The molecule has 1 atom stereocenters. The fourth-order valence-electron chi connectivity index (χ4n) is 1.53. The molecular weight excluding hydrogens is 246 g/mol. The van der Waals surface area contributed by atoms with Crippen LogP contribution in [-0.4, -0.2) is 37.0 Å². The Morgan fingerprint density at radius 2 is 2.12 bits per heavy atom. The second-order valence-electron chi connectivity index (χ2n) is 3.63. The summed E-state index contributed by atoms with van der Waals surface area (Å²) < 4.78 is 34.9. The smallest absolute Gasteiger partial charge is 0.267 e. The van der Waals surface area contributed by atoms with Crippen molar-refractivity contribution in [3.63, 3.8) is 0 Å². The van der Waals surface area contributed by atoms with Crippen LogP contribution in [0.4, 0.5) is 5.69 Å². The Morgan fingerprint density at radius 1 is 1.47 bits per heavy atom. The molecule has 0 saturated heterocycles. The van der Waals surface area contributed by atoms with E-state index >= 15 is 0 Å². The minimum absolute atomic E-state index is 0.00433. The van der Waals surface area contributed by atoms with Gasteiger partial charge in [0.05, 0.1) is 13.2 Å². The third-order valence-corrected chi connectivity index (χ3v) is 3.04. The molecule has 0 bridgehead atoms. The average Bonchev–Trinajstić information content (AvgIpc) is 2.18. The fourth-order valence-corrected chi connectivity index (χ4v) is 2.13. The van der Waals surface area contributed by atoms with E-state index in [1.165, 1.54) is 7.11 Å². The lowest BCUT2D eigenvalue weighted by Gasteiger charge is -2.14. The number of benzene rings is 1. The molecule has 1 rings (SSSR count). The number of rotatable bonds is 5. The number of aliphatic hydroxyl groups excluding tert-OH is 1. The van der Waals surface area contributed by atoms with E-state index in [1.807, 2.05) is 0 Å². The van der Waals surface area contributed by atoms with Crippen molar-refractivity contribution in [3.8, 4) is 5.75 Å². The third-order valence-electron chi connectivity index (χ3n) is 2.23. The summed E-state index contributed by atoms with van der Waals surface area (Å²) in [6, 6.07) is 4.97. The van der Waals surface area contributed by atoms with Crippen LogP contribution in [0.1, 0.15) is 5.56 Å². The topological polar surface area (TPSA) is 110 Å². The number of ether oxygens (including phenoxy) is 1. The van der Waals surface area contributed by atoms with E-state index in [0.29, 0.717) is 17.0 Å². The molecule has 0 aliphatic rings. The molecule has 0 aromatic heterocycles. The largest absolute Gasteiger partial charge is 0.496 e. The highest BCUT2D eigenvalue weighted by molar-refractivity contribution is 7.85. The van der Waals surface area contributed by atoms with Gasteiger partial charge in [-0.1, -0.05) is 6.07 Å². The van der Waals surface area contributed by atoms with Crippen molar-refractivity contribution in [1.29, 1.82) is 0 Å². The predicted octanol–water partition coefficient (Wildman–Crippen LogP) is 0.0686. The highest BCUT2D eigenvalue weighted by Gasteiger charge is 2.18. The molecule has 0 heterocycles. The zero-order valence-electron chi connectivity index (χ0n) is 9.33. The van der Waals surface area contributed by atoms with Crippen molar-refractivity contribution in [3.05, 3.63) is 23.8 Å². The van der Waals surface area contributed by atoms with Gasteiger partial charge < -0.3 is 15.6 Å². The van der Waals surface area contributed by atoms with Gasteiger partial charge in [0.2, 0.25) is 0 Å². The molecule has 0 amide bonds. The minimum atomic E-state index is -4.21. The van der Waals surface area contributed by atoms with Gasteiger partial charge in [0, 0.05) is 17.7 Å². The normalized spacial score (nSPS) is 13.4. The van der Waals surface area contributed by atoms with Gasteiger partial charge in [0.1, 0.15) is 11.5 Å². The fraction of sp³-hybridized carbons (Fsp3) is 0.400. The van der Waals surface area contributed by atoms with Crippen LogP contribution in [0.5, 0.6) is 5.75 Å². The molecule has 1 aromatic carbocycles. The zero-order valence-corrected chi connectivity index (χ0v) is 10.1. The molecule has 1 aromatic rings. The number of nitrogens with two attached hydrogens (primary N) is 1. The summed E-state index contributed by atoms with van der Waals surface area (Å²) in [6.45, 7) is 0. The van der Waals surface area contributed by atoms with Gasteiger partial charge in [-0.3, -0.25) is 4.55 Å². The molecular formula is C10H15NO5S.